The molecule has 0 atom stereocenters. The highest BCUT2D eigenvalue weighted by atomic mass is 16.4. The van der Waals surface area contributed by atoms with Crippen LogP contribution in [0.2, 0.25) is 0 Å². The SMILES string of the molecule is Cc1c2cccc1N2.O=C(O)c1ccc[nH]c1=O. The zero-order valence-corrected chi connectivity index (χ0v) is 9.73. The zero-order valence-electron chi connectivity index (χ0n) is 9.73. The van der Waals surface area contributed by atoms with E-state index in [1.165, 1.54) is 35.3 Å². The van der Waals surface area contributed by atoms with Crippen molar-refractivity contribution in [3.8, 4) is 0 Å². The summed E-state index contributed by atoms with van der Waals surface area (Å²) in [4.78, 5) is 23.1. The molecule has 0 unspecified atom stereocenters. The van der Waals surface area contributed by atoms with E-state index in [2.05, 4.69) is 35.4 Å². The van der Waals surface area contributed by atoms with E-state index in [9.17, 15) is 9.59 Å². The number of carbonyl (C=O) groups is 1. The lowest BCUT2D eigenvalue weighted by atomic mass is 10.1. The van der Waals surface area contributed by atoms with Crippen LogP contribution in [-0.2, 0) is 0 Å². The number of anilines is 2. The largest absolute Gasteiger partial charge is 0.477 e. The third kappa shape index (κ3) is 2.24. The van der Waals surface area contributed by atoms with Gasteiger partial charge in [-0.2, -0.15) is 0 Å². The van der Waals surface area contributed by atoms with Crippen LogP contribution in [0.15, 0.2) is 41.3 Å². The molecule has 0 saturated heterocycles. The summed E-state index contributed by atoms with van der Waals surface area (Å²) in [6.45, 7) is 2.13. The highest BCUT2D eigenvalue weighted by Crippen LogP contribution is 2.35. The summed E-state index contributed by atoms with van der Waals surface area (Å²) >= 11 is 0. The quantitative estimate of drug-likeness (QED) is 0.612. The molecule has 5 nitrogen and oxygen atoms in total. The second kappa shape index (κ2) is 4.75. The van der Waals surface area contributed by atoms with Gasteiger partial charge in [-0.3, -0.25) is 4.79 Å². The molecule has 3 N–H and O–H groups in total. The smallest absolute Gasteiger partial charge is 0.341 e. The fourth-order valence-electron chi connectivity index (χ4n) is 1.58. The number of benzene rings is 1. The predicted molar refractivity (Wildman–Crippen MR) is 68.5 cm³/mol. The molecule has 92 valence electrons. The first-order chi connectivity index (χ1) is 8.59. The Morgan fingerprint density at radius 2 is 1.83 bits per heavy atom. The Morgan fingerprint density at radius 3 is 2.17 bits per heavy atom. The maximum atomic E-state index is 10.6. The molecule has 2 aliphatic heterocycles. The van der Waals surface area contributed by atoms with Gasteiger partial charge in [0, 0.05) is 17.6 Å². The summed E-state index contributed by atoms with van der Waals surface area (Å²) in [7, 11) is 0. The van der Waals surface area contributed by atoms with Gasteiger partial charge in [-0.15, -0.1) is 0 Å². The molecular formula is C13H12N2O3. The van der Waals surface area contributed by atoms with E-state index in [-0.39, 0.29) is 5.56 Å². The minimum atomic E-state index is -1.21. The van der Waals surface area contributed by atoms with Crippen molar-refractivity contribution in [1.29, 1.82) is 0 Å². The second-order valence-electron chi connectivity index (χ2n) is 3.82. The number of pyridine rings is 1. The first-order valence-corrected chi connectivity index (χ1v) is 5.37. The van der Waals surface area contributed by atoms with E-state index in [0.717, 1.165) is 0 Å². The molecule has 3 heterocycles. The molecule has 0 spiro atoms. The lowest BCUT2D eigenvalue weighted by molar-refractivity contribution is 0.0695. The van der Waals surface area contributed by atoms with Crippen LogP contribution in [0.4, 0.5) is 11.4 Å². The van der Waals surface area contributed by atoms with Gasteiger partial charge in [0.15, 0.2) is 0 Å². The number of carboxylic acid groups (broad SMARTS) is 1. The molecule has 1 aromatic carbocycles. The third-order valence-corrected chi connectivity index (χ3v) is 2.65. The molecule has 2 bridgehead atoms. The van der Waals surface area contributed by atoms with E-state index in [1.54, 1.807) is 0 Å². The normalized spacial score (nSPS) is 10.5. The number of aromatic nitrogens is 1. The number of rotatable bonds is 1. The van der Waals surface area contributed by atoms with Gasteiger partial charge in [0.05, 0.1) is 0 Å². The van der Waals surface area contributed by atoms with Crippen molar-refractivity contribution in [2.24, 2.45) is 0 Å². The Labute approximate surface area is 103 Å². The summed E-state index contributed by atoms with van der Waals surface area (Å²) in [5.74, 6) is -1.21. The van der Waals surface area contributed by atoms with Crippen LogP contribution in [0, 0.1) is 6.92 Å². The van der Waals surface area contributed by atoms with Gasteiger partial charge >= 0.3 is 5.97 Å². The molecule has 0 saturated carbocycles. The molecule has 18 heavy (non-hydrogen) atoms. The molecular weight excluding hydrogens is 232 g/mol. The van der Waals surface area contributed by atoms with Crippen molar-refractivity contribution in [3.63, 3.8) is 0 Å². The summed E-state index contributed by atoms with van der Waals surface area (Å²) in [5.41, 5.74) is 3.15. The number of fused-ring (bicyclic) bond motifs is 2. The number of H-pyrrole nitrogens is 1. The maximum absolute atomic E-state index is 10.6. The average molecular weight is 244 g/mol. The minimum Gasteiger partial charge on any atom is -0.477 e. The second-order valence-corrected chi connectivity index (χ2v) is 3.82. The van der Waals surface area contributed by atoms with Crippen LogP contribution in [-0.4, -0.2) is 16.1 Å². The molecule has 0 fully saturated rings. The number of nitrogens with one attached hydrogen (secondary N) is 2. The van der Waals surface area contributed by atoms with Crippen molar-refractivity contribution in [2.45, 2.75) is 6.92 Å². The van der Waals surface area contributed by atoms with E-state index >= 15 is 0 Å². The molecule has 2 aromatic rings. The van der Waals surface area contributed by atoms with Crippen LogP contribution < -0.4 is 10.9 Å². The van der Waals surface area contributed by atoms with Crippen molar-refractivity contribution < 1.29 is 9.90 Å². The Balaban J connectivity index is 0.000000136. The summed E-state index contributed by atoms with van der Waals surface area (Å²) in [5, 5.41) is 11.5. The molecule has 4 rings (SSSR count). The van der Waals surface area contributed by atoms with Crippen molar-refractivity contribution in [3.05, 3.63) is 58.0 Å². The minimum absolute atomic E-state index is 0.234. The van der Waals surface area contributed by atoms with Gasteiger partial charge in [-0.25, -0.2) is 4.79 Å². The lowest BCUT2D eigenvalue weighted by Gasteiger charge is -2.22. The Kier molecular flexibility index (Phi) is 3.14. The monoisotopic (exact) mass is 244 g/mol. The van der Waals surface area contributed by atoms with Crippen LogP contribution in [0.5, 0.6) is 0 Å². The van der Waals surface area contributed by atoms with E-state index in [0.29, 0.717) is 0 Å². The molecule has 5 heteroatoms. The van der Waals surface area contributed by atoms with Gasteiger partial charge in [-0.05, 0) is 36.8 Å². The van der Waals surface area contributed by atoms with Gasteiger partial charge in [-0.1, -0.05) is 6.07 Å². The fraction of sp³-hybridized carbons (Fsp3) is 0.0769. The van der Waals surface area contributed by atoms with Gasteiger partial charge < -0.3 is 15.4 Å². The standard InChI is InChI=1S/C7H7N.C6H5NO3/c1-5-6-3-2-4-7(5)8-6;8-5-4(6(9)10)2-1-3-7-5/h2-4,8H,1H3;1-3H,(H,7,8)(H,9,10). The predicted octanol–water partition coefficient (Wildman–Crippen LogP) is 2.13. The first-order valence-electron chi connectivity index (χ1n) is 5.37. The Bertz CT molecular complexity index is 626. The highest BCUT2D eigenvalue weighted by Gasteiger charge is 2.11. The van der Waals surface area contributed by atoms with Crippen molar-refractivity contribution in [1.82, 2.24) is 4.98 Å². The van der Waals surface area contributed by atoms with Gasteiger partial charge in [0.2, 0.25) is 0 Å². The number of hydrogen-bond donors (Lipinski definition) is 3. The van der Waals surface area contributed by atoms with E-state index in [1.807, 2.05) is 0 Å². The Hall–Kier alpha value is -2.56. The third-order valence-electron chi connectivity index (χ3n) is 2.65. The summed E-state index contributed by atoms with van der Waals surface area (Å²) in [6, 6.07) is 8.95. The van der Waals surface area contributed by atoms with Crippen LogP contribution in [0.25, 0.3) is 0 Å². The van der Waals surface area contributed by atoms with Gasteiger partial charge in [0.25, 0.3) is 5.56 Å². The summed E-state index contributed by atoms with van der Waals surface area (Å²) < 4.78 is 0. The highest BCUT2D eigenvalue weighted by molar-refractivity contribution is 5.86. The molecule has 2 aliphatic rings. The number of carboxylic acids is 1. The van der Waals surface area contributed by atoms with Crippen LogP contribution in [0.3, 0.4) is 0 Å². The maximum Gasteiger partial charge on any atom is 0.341 e. The van der Waals surface area contributed by atoms with Crippen molar-refractivity contribution >= 4 is 17.3 Å². The lowest BCUT2D eigenvalue weighted by Crippen LogP contribution is -2.15. The average Bonchev–Trinajstić information content (AvgIpc) is 2.40. The van der Waals surface area contributed by atoms with Crippen LogP contribution in [0.1, 0.15) is 15.9 Å². The first kappa shape index (κ1) is 11.9. The number of aryl methyl sites for hydroxylation is 1. The molecule has 0 radical (unpaired) electrons. The number of aromatic carboxylic acids is 1. The van der Waals surface area contributed by atoms with E-state index in [4.69, 9.17) is 5.11 Å². The Morgan fingerprint density at radius 1 is 1.17 bits per heavy atom. The fourth-order valence-corrected chi connectivity index (χ4v) is 1.58. The molecule has 1 aromatic heterocycles. The number of aromatic amines is 1. The number of hydrogen-bond acceptors (Lipinski definition) is 3. The van der Waals surface area contributed by atoms with Crippen molar-refractivity contribution in [2.75, 3.05) is 5.32 Å². The molecule has 0 amide bonds. The molecule has 0 aliphatic carbocycles. The summed E-state index contributed by atoms with van der Waals surface area (Å²) in [6.07, 6.45) is 1.38. The van der Waals surface area contributed by atoms with Crippen LogP contribution >= 0.6 is 0 Å². The zero-order chi connectivity index (χ0) is 13.1. The van der Waals surface area contributed by atoms with Gasteiger partial charge in [0.1, 0.15) is 5.56 Å². The van der Waals surface area contributed by atoms with E-state index < -0.39 is 11.5 Å². The topological polar surface area (TPSA) is 82.2 Å².